The van der Waals surface area contributed by atoms with Crippen molar-refractivity contribution in [1.29, 1.82) is 0 Å². The smallest absolute Gasteiger partial charge is 0.291 e. The minimum absolute atomic E-state index is 0.171. The van der Waals surface area contributed by atoms with Gasteiger partial charge in [0.25, 0.3) is 11.8 Å². The number of hydrogen-bond donors (Lipinski definition) is 2. The van der Waals surface area contributed by atoms with Gasteiger partial charge in [0, 0.05) is 17.7 Å². The highest BCUT2D eigenvalue weighted by molar-refractivity contribution is 9.10. The number of nitrogens with one attached hydrogen (secondary N) is 2. The van der Waals surface area contributed by atoms with Crippen molar-refractivity contribution in [2.75, 3.05) is 18.5 Å². The summed E-state index contributed by atoms with van der Waals surface area (Å²) in [4.78, 5) is 25.7. The molecule has 0 saturated carbocycles. The van der Waals surface area contributed by atoms with Crippen LogP contribution in [-0.4, -0.2) is 25.0 Å². The Labute approximate surface area is 180 Å². The number of furan rings is 1. The number of thiophene rings is 1. The van der Waals surface area contributed by atoms with E-state index >= 15 is 0 Å². The molecule has 1 aliphatic rings. The SMILES string of the molecule is O=C(Nc1ccc(C(=O)NC2(c3cccc(Br)c3)CCOCC2)s1)c1ccco1. The summed E-state index contributed by atoms with van der Waals surface area (Å²) in [6.45, 7) is 1.17. The van der Waals surface area contributed by atoms with Crippen molar-refractivity contribution in [1.82, 2.24) is 5.32 Å². The molecule has 1 fully saturated rings. The molecule has 4 rings (SSSR count). The normalized spacial score (nSPS) is 15.6. The van der Waals surface area contributed by atoms with E-state index in [1.807, 2.05) is 24.3 Å². The third kappa shape index (κ3) is 4.44. The molecule has 2 amide bonds. The summed E-state index contributed by atoms with van der Waals surface area (Å²) in [7, 11) is 0. The minimum Gasteiger partial charge on any atom is -0.459 e. The lowest BCUT2D eigenvalue weighted by atomic mass is 9.82. The molecule has 2 aromatic heterocycles. The second-order valence-corrected chi connectivity index (χ2v) is 8.75. The van der Waals surface area contributed by atoms with Crippen LogP contribution in [0.4, 0.5) is 5.00 Å². The topological polar surface area (TPSA) is 80.6 Å². The van der Waals surface area contributed by atoms with Crippen molar-refractivity contribution >= 4 is 44.1 Å². The fourth-order valence-corrected chi connectivity index (χ4v) is 4.57. The molecule has 6 nitrogen and oxygen atoms in total. The Morgan fingerprint density at radius 3 is 2.59 bits per heavy atom. The molecule has 3 aromatic rings. The molecule has 1 aromatic carbocycles. The summed E-state index contributed by atoms with van der Waals surface area (Å²) >= 11 is 4.74. The molecule has 0 spiro atoms. The highest BCUT2D eigenvalue weighted by atomic mass is 79.9. The quantitative estimate of drug-likeness (QED) is 0.556. The molecule has 3 heterocycles. The Morgan fingerprint density at radius 1 is 1.03 bits per heavy atom. The van der Waals surface area contributed by atoms with Crippen LogP contribution in [-0.2, 0) is 10.3 Å². The van der Waals surface area contributed by atoms with Crippen LogP contribution in [0.15, 0.2) is 63.7 Å². The lowest BCUT2D eigenvalue weighted by molar-refractivity contribution is 0.0346. The first-order valence-corrected chi connectivity index (χ1v) is 10.8. The first-order chi connectivity index (χ1) is 14.1. The third-order valence-corrected chi connectivity index (χ3v) is 6.38. The molecule has 8 heteroatoms. The summed E-state index contributed by atoms with van der Waals surface area (Å²) in [6, 6.07) is 14.7. The van der Waals surface area contributed by atoms with Gasteiger partial charge in [0.2, 0.25) is 0 Å². The molecular weight excluding hydrogens is 456 g/mol. The number of carbonyl (C=O) groups excluding carboxylic acids is 2. The predicted octanol–water partition coefficient (Wildman–Crippen LogP) is 4.79. The average Bonchev–Trinajstić information content (AvgIpc) is 3.41. The molecular formula is C21H19BrN2O4S. The Hall–Kier alpha value is -2.42. The van der Waals surface area contributed by atoms with E-state index in [1.54, 1.807) is 24.3 Å². The van der Waals surface area contributed by atoms with Crippen LogP contribution < -0.4 is 10.6 Å². The summed E-state index contributed by atoms with van der Waals surface area (Å²) in [5, 5.41) is 6.56. The monoisotopic (exact) mass is 474 g/mol. The van der Waals surface area contributed by atoms with E-state index in [0.29, 0.717) is 35.9 Å². The van der Waals surface area contributed by atoms with Crippen LogP contribution in [0.3, 0.4) is 0 Å². The molecule has 1 saturated heterocycles. The van der Waals surface area contributed by atoms with Crippen LogP contribution in [0.25, 0.3) is 0 Å². The van der Waals surface area contributed by atoms with E-state index in [9.17, 15) is 9.59 Å². The van der Waals surface area contributed by atoms with Crippen molar-refractivity contribution in [3.8, 4) is 0 Å². The molecule has 0 aliphatic carbocycles. The highest BCUT2D eigenvalue weighted by Gasteiger charge is 2.36. The zero-order valence-corrected chi connectivity index (χ0v) is 17.8. The molecule has 150 valence electrons. The van der Waals surface area contributed by atoms with Gasteiger partial charge in [-0.25, -0.2) is 0 Å². The van der Waals surface area contributed by atoms with Crippen LogP contribution in [0.1, 0.15) is 38.6 Å². The van der Waals surface area contributed by atoms with E-state index in [2.05, 4.69) is 26.6 Å². The number of halogens is 1. The number of ether oxygens (including phenoxy) is 1. The Balaban J connectivity index is 1.51. The maximum atomic E-state index is 13.0. The van der Waals surface area contributed by atoms with E-state index < -0.39 is 5.54 Å². The average molecular weight is 475 g/mol. The van der Waals surface area contributed by atoms with Gasteiger partial charge >= 0.3 is 0 Å². The second kappa shape index (κ2) is 8.52. The van der Waals surface area contributed by atoms with E-state index in [4.69, 9.17) is 9.15 Å². The van der Waals surface area contributed by atoms with Gasteiger partial charge in [0.05, 0.1) is 21.7 Å². The molecule has 2 N–H and O–H groups in total. The number of rotatable bonds is 5. The van der Waals surface area contributed by atoms with Crippen LogP contribution in [0, 0.1) is 0 Å². The van der Waals surface area contributed by atoms with Crippen molar-refractivity contribution in [3.63, 3.8) is 0 Å². The number of amides is 2. The van der Waals surface area contributed by atoms with Gasteiger partial charge in [0.1, 0.15) is 0 Å². The molecule has 0 atom stereocenters. The Morgan fingerprint density at radius 2 is 1.86 bits per heavy atom. The summed E-state index contributed by atoms with van der Waals surface area (Å²) in [5.41, 5.74) is 0.562. The van der Waals surface area contributed by atoms with E-state index in [0.717, 1.165) is 10.0 Å². The second-order valence-electron chi connectivity index (χ2n) is 6.75. The fraction of sp³-hybridized carbons (Fsp3) is 0.238. The lowest BCUT2D eigenvalue weighted by Gasteiger charge is -2.38. The van der Waals surface area contributed by atoms with Crippen molar-refractivity contribution in [2.45, 2.75) is 18.4 Å². The molecule has 1 aliphatic heterocycles. The maximum absolute atomic E-state index is 13.0. The van der Waals surface area contributed by atoms with Gasteiger partial charge in [-0.05, 0) is 54.8 Å². The molecule has 29 heavy (non-hydrogen) atoms. The van der Waals surface area contributed by atoms with Gasteiger partial charge in [-0.2, -0.15) is 0 Å². The summed E-state index contributed by atoms with van der Waals surface area (Å²) in [5.74, 6) is -0.297. The van der Waals surface area contributed by atoms with Gasteiger partial charge in [0.15, 0.2) is 5.76 Å². The van der Waals surface area contributed by atoms with Gasteiger partial charge < -0.3 is 19.8 Å². The number of benzene rings is 1. The van der Waals surface area contributed by atoms with Gasteiger partial charge in [-0.1, -0.05) is 28.1 Å². The summed E-state index contributed by atoms with van der Waals surface area (Å²) in [6.07, 6.45) is 2.84. The third-order valence-electron chi connectivity index (χ3n) is 4.89. The first kappa shape index (κ1) is 19.9. The fourth-order valence-electron chi connectivity index (χ4n) is 3.38. The number of anilines is 1. The number of carbonyl (C=O) groups is 2. The standard InChI is InChI=1S/C21H19BrN2O4S/c22-15-4-1-3-14(13-15)21(8-11-27-12-9-21)24-20(26)17-6-7-18(29-17)23-19(25)16-5-2-10-28-16/h1-7,10,13H,8-9,11-12H2,(H,23,25)(H,24,26). The van der Waals surface area contributed by atoms with Gasteiger partial charge in [-0.15, -0.1) is 11.3 Å². The zero-order valence-electron chi connectivity index (χ0n) is 15.4. The summed E-state index contributed by atoms with van der Waals surface area (Å²) < 4.78 is 11.6. The van der Waals surface area contributed by atoms with E-state index in [-0.39, 0.29) is 17.6 Å². The van der Waals surface area contributed by atoms with Crippen molar-refractivity contribution < 1.29 is 18.7 Å². The Bertz CT molecular complexity index is 1010. The maximum Gasteiger partial charge on any atom is 0.291 e. The molecule has 0 radical (unpaired) electrons. The van der Waals surface area contributed by atoms with Crippen LogP contribution >= 0.6 is 27.3 Å². The van der Waals surface area contributed by atoms with E-state index in [1.165, 1.54) is 17.6 Å². The van der Waals surface area contributed by atoms with Crippen LogP contribution in [0.2, 0.25) is 0 Å². The van der Waals surface area contributed by atoms with Gasteiger partial charge in [-0.3, -0.25) is 9.59 Å². The lowest BCUT2D eigenvalue weighted by Crippen LogP contribution is -2.49. The largest absolute Gasteiger partial charge is 0.459 e. The van der Waals surface area contributed by atoms with Crippen LogP contribution in [0.5, 0.6) is 0 Å². The first-order valence-electron chi connectivity index (χ1n) is 9.17. The van der Waals surface area contributed by atoms with Crippen molar-refractivity contribution in [2.24, 2.45) is 0 Å². The Kier molecular flexibility index (Phi) is 5.84. The number of hydrogen-bond acceptors (Lipinski definition) is 5. The zero-order chi connectivity index (χ0) is 20.3. The molecule has 0 unspecified atom stereocenters. The molecule has 0 bridgehead atoms. The minimum atomic E-state index is -0.485. The highest BCUT2D eigenvalue weighted by Crippen LogP contribution is 2.34. The predicted molar refractivity (Wildman–Crippen MR) is 114 cm³/mol. The van der Waals surface area contributed by atoms with Crippen molar-refractivity contribution in [3.05, 3.63) is 75.5 Å².